The molecule has 2 N–H and O–H groups in total. The van der Waals surface area contributed by atoms with Crippen LogP contribution in [-0.2, 0) is 9.59 Å². The molecule has 1 heterocycles. The second-order valence-electron chi connectivity index (χ2n) is 5.59. The molecule has 2 aromatic rings. The lowest BCUT2D eigenvalue weighted by atomic mass is 10.3. The number of nitriles is 1. The SMILES string of the molecule is COc1ccc(NC(=O)CN(C)CCC(=O)Nc2sccc2C#N)cc1. The van der Waals surface area contributed by atoms with Crippen molar-refractivity contribution in [3.8, 4) is 11.8 Å². The van der Waals surface area contributed by atoms with Crippen LogP contribution in [0.4, 0.5) is 10.7 Å². The topological polar surface area (TPSA) is 94.5 Å². The maximum Gasteiger partial charge on any atom is 0.238 e. The standard InChI is InChI=1S/C18H20N4O3S/c1-22(9-7-16(23)21-18-13(11-19)8-10-26-18)12-17(24)20-14-3-5-15(25-2)6-4-14/h3-6,8,10H,7,9,12H2,1-2H3,(H,20,24)(H,21,23). The van der Waals surface area contributed by atoms with E-state index >= 15 is 0 Å². The molecule has 0 saturated heterocycles. The van der Waals surface area contributed by atoms with Gasteiger partial charge in [0.2, 0.25) is 11.8 Å². The molecule has 0 aliphatic heterocycles. The number of rotatable bonds is 8. The average molecular weight is 372 g/mol. The van der Waals surface area contributed by atoms with Crippen molar-refractivity contribution >= 4 is 33.8 Å². The molecule has 0 bridgehead atoms. The van der Waals surface area contributed by atoms with Crippen molar-refractivity contribution in [1.29, 1.82) is 5.26 Å². The molecule has 1 aromatic carbocycles. The number of nitrogens with zero attached hydrogens (tertiary/aromatic N) is 2. The lowest BCUT2D eigenvalue weighted by Crippen LogP contribution is -2.32. The second-order valence-corrected chi connectivity index (χ2v) is 6.50. The zero-order chi connectivity index (χ0) is 18.9. The van der Waals surface area contributed by atoms with Crippen molar-refractivity contribution in [3.05, 3.63) is 41.3 Å². The molecule has 0 radical (unpaired) electrons. The largest absolute Gasteiger partial charge is 0.497 e. The minimum atomic E-state index is -0.189. The predicted molar refractivity (Wildman–Crippen MR) is 101 cm³/mol. The van der Waals surface area contributed by atoms with Crippen LogP contribution in [0.15, 0.2) is 35.7 Å². The summed E-state index contributed by atoms with van der Waals surface area (Å²) in [6.45, 7) is 0.594. The number of anilines is 2. The highest BCUT2D eigenvalue weighted by atomic mass is 32.1. The van der Waals surface area contributed by atoms with Gasteiger partial charge in [-0.1, -0.05) is 0 Å². The zero-order valence-corrected chi connectivity index (χ0v) is 15.4. The minimum Gasteiger partial charge on any atom is -0.497 e. The van der Waals surface area contributed by atoms with Crippen LogP contribution in [0.2, 0.25) is 0 Å². The summed E-state index contributed by atoms with van der Waals surface area (Å²) < 4.78 is 5.07. The van der Waals surface area contributed by atoms with Crippen molar-refractivity contribution in [2.45, 2.75) is 6.42 Å². The first-order valence-electron chi connectivity index (χ1n) is 7.91. The number of amides is 2. The van der Waals surface area contributed by atoms with Gasteiger partial charge in [-0.05, 0) is 42.8 Å². The monoisotopic (exact) mass is 372 g/mol. The summed E-state index contributed by atoms with van der Waals surface area (Å²) in [4.78, 5) is 25.8. The van der Waals surface area contributed by atoms with E-state index < -0.39 is 0 Å². The Morgan fingerprint density at radius 1 is 1.19 bits per heavy atom. The highest BCUT2D eigenvalue weighted by Gasteiger charge is 2.11. The van der Waals surface area contributed by atoms with E-state index in [0.29, 0.717) is 22.8 Å². The summed E-state index contributed by atoms with van der Waals surface area (Å²) in [7, 11) is 3.35. The summed E-state index contributed by atoms with van der Waals surface area (Å²) in [5.74, 6) is 0.367. The molecule has 136 valence electrons. The molecule has 2 amide bonds. The fourth-order valence-corrected chi connectivity index (χ4v) is 2.93. The van der Waals surface area contributed by atoms with Gasteiger partial charge in [0.05, 0.1) is 19.2 Å². The van der Waals surface area contributed by atoms with E-state index in [4.69, 9.17) is 10.00 Å². The van der Waals surface area contributed by atoms with Crippen molar-refractivity contribution in [2.75, 3.05) is 37.9 Å². The number of thiophene rings is 1. The minimum absolute atomic E-state index is 0.164. The summed E-state index contributed by atoms with van der Waals surface area (Å²) in [5.41, 5.74) is 1.14. The van der Waals surface area contributed by atoms with Gasteiger partial charge in [-0.15, -0.1) is 11.3 Å². The van der Waals surface area contributed by atoms with Crippen LogP contribution in [0.1, 0.15) is 12.0 Å². The third kappa shape index (κ3) is 5.88. The van der Waals surface area contributed by atoms with Gasteiger partial charge in [0.25, 0.3) is 0 Å². The number of hydrogen-bond donors (Lipinski definition) is 2. The highest BCUT2D eigenvalue weighted by Crippen LogP contribution is 2.22. The lowest BCUT2D eigenvalue weighted by molar-refractivity contribution is -0.119. The molecular formula is C18H20N4O3S. The van der Waals surface area contributed by atoms with Gasteiger partial charge in [0.15, 0.2) is 0 Å². The quantitative estimate of drug-likeness (QED) is 0.742. The van der Waals surface area contributed by atoms with E-state index in [1.165, 1.54) is 11.3 Å². The first-order valence-corrected chi connectivity index (χ1v) is 8.79. The van der Waals surface area contributed by atoms with E-state index in [0.717, 1.165) is 5.75 Å². The van der Waals surface area contributed by atoms with E-state index in [9.17, 15) is 9.59 Å². The summed E-state index contributed by atoms with van der Waals surface area (Å²) in [5, 5.41) is 16.8. The van der Waals surface area contributed by atoms with Gasteiger partial charge in [0, 0.05) is 18.7 Å². The van der Waals surface area contributed by atoms with Gasteiger partial charge in [-0.2, -0.15) is 5.26 Å². The number of carbonyl (C=O) groups excluding carboxylic acids is 2. The Labute approximate surface area is 156 Å². The molecule has 2 rings (SSSR count). The van der Waals surface area contributed by atoms with Gasteiger partial charge in [-0.25, -0.2) is 0 Å². The van der Waals surface area contributed by atoms with E-state index in [-0.39, 0.29) is 24.8 Å². The molecular weight excluding hydrogens is 352 g/mol. The summed E-state index contributed by atoms with van der Waals surface area (Å²) in [6, 6.07) is 10.7. The average Bonchev–Trinajstić information content (AvgIpc) is 3.07. The van der Waals surface area contributed by atoms with Gasteiger partial charge < -0.3 is 15.4 Å². The van der Waals surface area contributed by atoms with Gasteiger partial charge in [0.1, 0.15) is 16.8 Å². The Balaban J connectivity index is 1.73. The van der Waals surface area contributed by atoms with Crippen LogP contribution in [-0.4, -0.2) is 44.0 Å². The fraction of sp³-hybridized carbons (Fsp3) is 0.278. The molecule has 0 aliphatic rings. The number of ether oxygens (including phenoxy) is 1. The molecule has 1 aromatic heterocycles. The van der Waals surface area contributed by atoms with E-state index in [2.05, 4.69) is 10.6 Å². The molecule has 0 atom stereocenters. The first-order chi connectivity index (χ1) is 12.5. The molecule has 0 fully saturated rings. The van der Waals surface area contributed by atoms with Crippen molar-refractivity contribution in [1.82, 2.24) is 4.90 Å². The Hall–Kier alpha value is -2.89. The number of benzene rings is 1. The van der Waals surface area contributed by atoms with Crippen molar-refractivity contribution < 1.29 is 14.3 Å². The number of nitrogens with one attached hydrogen (secondary N) is 2. The molecule has 8 heteroatoms. The van der Waals surface area contributed by atoms with Crippen LogP contribution in [0.3, 0.4) is 0 Å². The highest BCUT2D eigenvalue weighted by molar-refractivity contribution is 7.14. The third-order valence-corrected chi connectivity index (χ3v) is 4.38. The Kier molecular flexibility index (Phi) is 7.14. The number of likely N-dealkylation sites (N-methyl/N-ethyl adjacent to an activating group) is 1. The number of carbonyl (C=O) groups is 2. The number of methoxy groups -OCH3 is 1. The molecule has 0 saturated carbocycles. The maximum absolute atomic E-state index is 12.0. The Bertz CT molecular complexity index is 796. The summed E-state index contributed by atoms with van der Waals surface area (Å²) in [6.07, 6.45) is 0.231. The van der Waals surface area contributed by atoms with Crippen molar-refractivity contribution in [3.63, 3.8) is 0 Å². The van der Waals surface area contributed by atoms with Crippen LogP contribution >= 0.6 is 11.3 Å². The van der Waals surface area contributed by atoms with Gasteiger partial charge in [-0.3, -0.25) is 14.5 Å². The normalized spacial score (nSPS) is 10.2. The van der Waals surface area contributed by atoms with Crippen LogP contribution in [0.25, 0.3) is 0 Å². The molecule has 7 nitrogen and oxygen atoms in total. The van der Waals surface area contributed by atoms with Gasteiger partial charge >= 0.3 is 0 Å². The van der Waals surface area contributed by atoms with Crippen LogP contribution in [0.5, 0.6) is 5.75 Å². The second kappa shape index (κ2) is 9.56. The van der Waals surface area contributed by atoms with Crippen LogP contribution in [0, 0.1) is 11.3 Å². The summed E-state index contributed by atoms with van der Waals surface area (Å²) >= 11 is 1.31. The molecule has 0 unspecified atom stereocenters. The third-order valence-electron chi connectivity index (χ3n) is 3.55. The predicted octanol–water partition coefficient (Wildman–Crippen LogP) is 2.53. The fourth-order valence-electron chi connectivity index (χ4n) is 2.17. The lowest BCUT2D eigenvalue weighted by Gasteiger charge is -2.16. The van der Waals surface area contributed by atoms with Crippen LogP contribution < -0.4 is 15.4 Å². The Morgan fingerprint density at radius 3 is 2.58 bits per heavy atom. The number of hydrogen-bond acceptors (Lipinski definition) is 6. The smallest absolute Gasteiger partial charge is 0.238 e. The zero-order valence-electron chi connectivity index (χ0n) is 14.6. The molecule has 0 spiro atoms. The maximum atomic E-state index is 12.0. The first kappa shape index (κ1) is 19.4. The van der Waals surface area contributed by atoms with E-state index in [1.807, 2.05) is 6.07 Å². The molecule has 26 heavy (non-hydrogen) atoms. The van der Waals surface area contributed by atoms with Crippen molar-refractivity contribution in [2.24, 2.45) is 0 Å². The molecule has 0 aliphatic carbocycles. The van der Waals surface area contributed by atoms with E-state index in [1.54, 1.807) is 54.8 Å². The Morgan fingerprint density at radius 2 is 1.92 bits per heavy atom.